The number of furan rings is 1. The van der Waals surface area contributed by atoms with E-state index in [1.54, 1.807) is 0 Å². The molecule has 2 aromatic rings. The Kier molecular flexibility index (Phi) is 3.65. The molecule has 8 heteroatoms. The molecule has 0 N–H and O–H groups in total. The molecule has 0 aliphatic rings. The highest BCUT2D eigenvalue weighted by Crippen LogP contribution is 2.38. The van der Waals surface area contributed by atoms with Gasteiger partial charge in [0.15, 0.2) is 11.4 Å². The van der Waals surface area contributed by atoms with Crippen LogP contribution < -0.4 is 0 Å². The summed E-state index contributed by atoms with van der Waals surface area (Å²) in [5.74, 6) is -4.39. The molecule has 0 bridgehead atoms. The van der Waals surface area contributed by atoms with Gasteiger partial charge in [0.2, 0.25) is 0 Å². The molecule has 0 atom stereocenters. The van der Waals surface area contributed by atoms with Gasteiger partial charge in [-0.2, -0.15) is 13.2 Å². The number of ether oxygens (including phenoxy) is 1. The van der Waals surface area contributed by atoms with Gasteiger partial charge in [-0.1, -0.05) is 0 Å². The van der Waals surface area contributed by atoms with Gasteiger partial charge < -0.3 is 9.15 Å². The van der Waals surface area contributed by atoms with Gasteiger partial charge in [-0.3, -0.25) is 0 Å². The van der Waals surface area contributed by atoms with E-state index in [2.05, 4.69) is 4.74 Å². The van der Waals surface area contributed by atoms with Crippen molar-refractivity contribution in [2.24, 2.45) is 0 Å². The molecule has 0 aliphatic heterocycles. The van der Waals surface area contributed by atoms with Crippen LogP contribution in [0, 0.1) is 18.6 Å². The Morgan fingerprint density at radius 1 is 1.33 bits per heavy atom. The third-order valence-electron chi connectivity index (χ3n) is 2.81. The van der Waals surface area contributed by atoms with E-state index in [1.165, 1.54) is 13.8 Å². The molecule has 0 unspecified atom stereocenters. The lowest BCUT2D eigenvalue weighted by atomic mass is 10.1. The van der Waals surface area contributed by atoms with Crippen molar-refractivity contribution < 1.29 is 35.9 Å². The lowest BCUT2D eigenvalue weighted by molar-refractivity contribution is -0.140. The Balaban J connectivity index is 2.81. The maximum absolute atomic E-state index is 13.9. The van der Waals surface area contributed by atoms with Crippen LogP contribution in [0.15, 0.2) is 10.5 Å². The van der Waals surface area contributed by atoms with Gasteiger partial charge in [-0.05, 0) is 19.9 Å². The number of alkyl halides is 3. The van der Waals surface area contributed by atoms with Crippen LogP contribution in [0.4, 0.5) is 22.0 Å². The molecule has 114 valence electrons. The molecular weight excluding hydrogens is 299 g/mol. The summed E-state index contributed by atoms with van der Waals surface area (Å²) in [6, 6.07) is -0.00461. The molecular formula is C13H9F5O3. The number of hydrogen-bond donors (Lipinski definition) is 0. The molecule has 0 amide bonds. The fraction of sp³-hybridized carbons (Fsp3) is 0.308. The average molecular weight is 308 g/mol. The molecule has 1 heterocycles. The van der Waals surface area contributed by atoms with E-state index in [9.17, 15) is 26.7 Å². The quantitative estimate of drug-likeness (QED) is 0.616. The van der Waals surface area contributed by atoms with Gasteiger partial charge >= 0.3 is 12.1 Å². The van der Waals surface area contributed by atoms with Crippen LogP contribution in [0.1, 0.15) is 28.6 Å². The second-order valence-corrected chi connectivity index (χ2v) is 4.18. The first-order chi connectivity index (χ1) is 9.68. The summed E-state index contributed by atoms with van der Waals surface area (Å²) >= 11 is 0. The maximum atomic E-state index is 13.9. The van der Waals surface area contributed by atoms with Crippen molar-refractivity contribution in [2.45, 2.75) is 20.0 Å². The largest absolute Gasteiger partial charge is 0.462 e. The highest BCUT2D eigenvalue weighted by molar-refractivity contribution is 6.05. The van der Waals surface area contributed by atoms with Crippen molar-refractivity contribution in [3.63, 3.8) is 0 Å². The molecule has 0 fully saturated rings. The topological polar surface area (TPSA) is 39.4 Å². The Labute approximate surface area is 115 Å². The van der Waals surface area contributed by atoms with Gasteiger partial charge in [0.25, 0.3) is 0 Å². The number of halogens is 5. The maximum Gasteiger partial charge on any atom is 0.419 e. The van der Waals surface area contributed by atoms with Crippen molar-refractivity contribution in [3.05, 3.63) is 34.6 Å². The number of aryl methyl sites for hydroxylation is 1. The average Bonchev–Trinajstić information content (AvgIpc) is 2.71. The third-order valence-corrected chi connectivity index (χ3v) is 2.81. The van der Waals surface area contributed by atoms with E-state index < -0.39 is 45.9 Å². The second kappa shape index (κ2) is 5.01. The molecule has 0 saturated heterocycles. The zero-order valence-electron chi connectivity index (χ0n) is 10.9. The number of carbonyl (C=O) groups is 1. The van der Waals surface area contributed by atoms with E-state index in [0.717, 1.165) is 0 Å². The zero-order valence-corrected chi connectivity index (χ0v) is 10.9. The molecule has 0 saturated carbocycles. The minimum atomic E-state index is -5.08. The minimum absolute atomic E-state index is 0.00461. The fourth-order valence-corrected chi connectivity index (χ4v) is 1.97. The first-order valence-electron chi connectivity index (χ1n) is 5.83. The SMILES string of the molecule is CCOC(=O)c1c(C)oc2c(F)c(C(F)(F)F)cc(F)c12. The summed E-state index contributed by atoms with van der Waals surface area (Å²) in [7, 11) is 0. The van der Waals surface area contributed by atoms with E-state index >= 15 is 0 Å². The Bertz CT molecular complexity index is 715. The summed E-state index contributed by atoms with van der Waals surface area (Å²) in [5, 5.41) is -0.656. The van der Waals surface area contributed by atoms with Crippen LogP contribution in [0.5, 0.6) is 0 Å². The minimum Gasteiger partial charge on any atom is -0.462 e. The van der Waals surface area contributed by atoms with E-state index in [1.807, 2.05) is 0 Å². The van der Waals surface area contributed by atoms with Crippen molar-refractivity contribution in [1.29, 1.82) is 0 Å². The van der Waals surface area contributed by atoms with Crippen LogP contribution >= 0.6 is 0 Å². The number of fused-ring (bicyclic) bond motifs is 1. The van der Waals surface area contributed by atoms with Gasteiger partial charge in [0.1, 0.15) is 17.1 Å². The van der Waals surface area contributed by atoms with E-state index in [0.29, 0.717) is 0 Å². The lowest BCUT2D eigenvalue weighted by Crippen LogP contribution is -2.10. The van der Waals surface area contributed by atoms with Crippen LogP contribution in [0.25, 0.3) is 11.0 Å². The van der Waals surface area contributed by atoms with Crippen molar-refractivity contribution >= 4 is 16.9 Å². The predicted molar refractivity (Wildman–Crippen MR) is 61.8 cm³/mol. The number of hydrogen-bond acceptors (Lipinski definition) is 3. The van der Waals surface area contributed by atoms with Crippen LogP contribution in [-0.4, -0.2) is 12.6 Å². The van der Waals surface area contributed by atoms with Crippen molar-refractivity contribution in [3.8, 4) is 0 Å². The fourth-order valence-electron chi connectivity index (χ4n) is 1.97. The van der Waals surface area contributed by atoms with Crippen LogP contribution in [-0.2, 0) is 10.9 Å². The molecule has 0 aliphatic carbocycles. The van der Waals surface area contributed by atoms with Crippen molar-refractivity contribution in [2.75, 3.05) is 6.61 Å². The first-order valence-corrected chi connectivity index (χ1v) is 5.83. The van der Waals surface area contributed by atoms with Gasteiger partial charge in [-0.25, -0.2) is 13.6 Å². The molecule has 1 aromatic carbocycles. The summed E-state index contributed by atoms with van der Waals surface area (Å²) in [6.45, 7) is 2.67. The van der Waals surface area contributed by atoms with Gasteiger partial charge in [-0.15, -0.1) is 0 Å². The molecule has 0 spiro atoms. The van der Waals surface area contributed by atoms with Crippen molar-refractivity contribution in [1.82, 2.24) is 0 Å². The molecule has 2 rings (SSSR count). The monoisotopic (exact) mass is 308 g/mol. The Hall–Kier alpha value is -2.12. The predicted octanol–water partition coefficient (Wildman–Crippen LogP) is 4.21. The van der Waals surface area contributed by atoms with E-state index in [4.69, 9.17) is 4.42 Å². The Morgan fingerprint density at radius 3 is 2.48 bits per heavy atom. The lowest BCUT2D eigenvalue weighted by Gasteiger charge is -2.08. The zero-order chi connectivity index (χ0) is 15.9. The van der Waals surface area contributed by atoms with E-state index in [-0.39, 0.29) is 18.4 Å². The highest BCUT2D eigenvalue weighted by atomic mass is 19.4. The summed E-state index contributed by atoms with van der Waals surface area (Å²) in [6.07, 6.45) is -5.08. The normalized spacial score (nSPS) is 12.0. The third kappa shape index (κ3) is 2.45. The van der Waals surface area contributed by atoms with Crippen LogP contribution in [0.2, 0.25) is 0 Å². The number of carbonyl (C=O) groups excluding carboxylic acids is 1. The van der Waals surface area contributed by atoms with Gasteiger partial charge in [0, 0.05) is 0 Å². The number of esters is 1. The molecule has 0 radical (unpaired) electrons. The molecule has 3 nitrogen and oxygen atoms in total. The number of benzene rings is 1. The molecule has 21 heavy (non-hydrogen) atoms. The van der Waals surface area contributed by atoms with Crippen LogP contribution in [0.3, 0.4) is 0 Å². The Morgan fingerprint density at radius 2 is 1.95 bits per heavy atom. The second-order valence-electron chi connectivity index (χ2n) is 4.18. The smallest absolute Gasteiger partial charge is 0.419 e. The standard InChI is InChI=1S/C13H9F5O3/c1-3-20-12(19)8-5(2)21-11-9(8)7(14)4-6(10(11)15)13(16,17)18/h4H,3H2,1-2H3. The summed E-state index contributed by atoms with van der Waals surface area (Å²) in [4.78, 5) is 11.7. The summed E-state index contributed by atoms with van der Waals surface area (Å²) in [5.41, 5.74) is -3.17. The molecule has 1 aromatic heterocycles. The number of rotatable bonds is 2. The van der Waals surface area contributed by atoms with Gasteiger partial charge in [0.05, 0.1) is 17.6 Å². The summed E-state index contributed by atoms with van der Waals surface area (Å²) < 4.78 is 75.0. The first kappa shape index (κ1) is 15.3. The highest BCUT2D eigenvalue weighted by Gasteiger charge is 2.38.